The van der Waals surface area contributed by atoms with E-state index >= 15 is 0 Å². The zero-order chi connectivity index (χ0) is 10.6. The van der Waals surface area contributed by atoms with Gasteiger partial charge in [-0.15, -0.1) is 0 Å². The van der Waals surface area contributed by atoms with Crippen molar-refractivity contribution < 1.29 is 4.79 Å². The van der Waals surface area contributed by atoms with Gasteiger partial charge in [-0.05, 0) is 18.2 Å². The predicted octanol–water partition coefficient (Wildman–Crippen LogP) is 1.39. The summed E-state index contributed by atoms with van der Waals surface area (Å²) in [5.74, 6) is -0.244. The Kier molecular flexibility index (Phi) is 2.83. The fraction of sp³-hybridized carbons (Fsp3) is 0.100. The van der Waals surface area contributed by atoms with Gasteiger partial charge in [-0.2, -0.15) is 10.5 Å². The van der Waals surface area contributed by atoms with Gasteiger partial charge < -0.3 is 5.32 Å². The molecule has 68 valence electrons. The monoisotopic (exact) mass is 185 g/mol. The molecule has 1 N–H and O–H groups in total. The van der Waals surface area contributed by atoms with Crippen molar-refractivity contribution in [3.63, 3.8) is 0 Å². The summed E-state index contributed by atoms with van der Waals surface area (Å²) in [6, 6.07) is 8.35. The first-order valence-corrected chi connectivity index (χ1v) is 3.89. The Labute approximate surface area is 81.4 Å². The highest BCUT2D eigenvalue weighted by molar-refractivity contribution is 5.90. The third kappa shape index (κ3) is 2.09. The van der Waals surface area contributed by atoms with Gasteiger partial charge in [0.2, 0.25) is 5.91 Å². The van der Waals surface area contributed by atoms with Crippen molar-refractivity contribution in [3.05, 3.63) is 29.3 Å². The Morgan fingerprint density at radius 1 is 1.36 bits per heavy atom. The molecule has 0 aromatic heterocycles. The van der Waals surface area contributed by atoms with Gasteiger partial charge in [0, 0.05) is 6.92 Å². The van der Waals surface area contributed by atoms with Gasteiger partial charge in [0.05, 0.1) is 22.9 Å². The molecule has 1 aromatic rings. The minimum Gasteiger partial charge on any atom is -0.325 e. The summed E-state index contributed by atoms with van der Waals surface area (Å²) in [7, 11) is 0. The quantitative estimate of drug-likeness (QED) is 0.718. The lowest BCUT2D eigenvalue weighted by atomic mass is 10.1. The standard InChI is InChI=1S/C10H7N3O/c1-7(14)13-10-3-2-8(5-11)4-9(10)6-12/h2-4H,1H3,(H,13,14). The molecule has 0 unspecified atom stereocenters. The van der Waals surface area contributed by atoms with Gasteiger partial charge in [-0.1, -0.05) is 0 Å². The second-order valence-corrected chi connectivity index (χ2v) is 2.67. The number of carbonyl (C=O) groups is 1. The van der Waals surface area contributed by atoms with Crippen LogP contribution in [0.4, 0.5) is 5.69 Å². The Balaban J connectivity index is 3.15. The minimum atomic E-state index is -0.244. The number of nitrogens with zero attached hydrogens (tertiary/aromatic N) is 2. The van der Waals surface area contributed by atoms with E-state index in [-0.39, 0.29) is 5.91 Å². The second kappa shape index (κ2) is 4.06. The SMILES string of the molecule is CC(=O)Nc1ccc(C#N)cc1C#N. The molecule has 0 fully saturated rings. The third-order valence-electron chi connectivity index (χ3n) is 1.58. The van der Waals surface area contributed by atoms with Gasteiger partial charge in [0.25, 0.3) is 0 Å². The first-order valence-electron chi connectivity index (χ1n) is 3.89. The Morgan fingerprint density at radius 2 is 2.07 bits per heavy atom. The molecule has 0 aliphatic carbocycles. The largest absolute Gasteiger partial charge is 0.325 e. The summed E-state index contributed by atoms with van der Waals surface area (Å²) in [5.41, 5.74) is 1.12. The van der Waals surface area contributed by atoms with Crippen molar-refractivity contribution in [1.29, 1.82) is 10.5 Å². The predicted molar refractivity (Wildman–Crippen MR) is 50.2 cm³/mol. The van der Waals surface area contributed by atoms with Crippen molar-refractivity contribution in [2.45, 2.75) is 6.92 Å². The van der Waals surface area contributed by atoms with Crippen LogP contribution in [0.5, 0.6) is 0 Å². The van der Waals surface area contributed by atoms with Crippen molar-refractivity contribution in [2.24, 2.45) is 0 Å². The molecule has 0 aliphatic rings. The number of nitriles is 2. The van der Waals surface area contributed by atoms with Crippen LogP contribution >= 0.6 is 0 Å². The first-order chi connectivity index (χ1) is 6.67. The van der Waals surface area contributed by atoms with E-state index in [1.807, 2.05) is 12.1 Å². The zero-order valence-corrected chi connectivity index (χ0v) is 7.53. The summed E-state index contributed by atoms with van der Waals surface area (Å²) in [6.07, 6.45) is 0. The first kappa shape index (κ1) is 9.76. The summed E-state index contributed by atoms with van der Waals surface area (Å²) in [6.45, 7) is 1.36. The zero-order valence-electron chi connectivity index (χ0n) is 7.53. The van der Waals surface area contributed by atoms with Crippen LogP contribution in [-0.2, 0) is 4.79 Å². The number of benzene rings is 1. The number of anilines is 1. The Morgan fingerprint density at radius 3 is 2.57 bits per heavy atom. The number of hydrogen-bond donors (Lipinski definition) is 1. The molecule has 0 radical (unpaired) electrons. The molecular formula is C10H7N3O. The molecule has 0 saturated heterocycles. The van der Waals surface area contributed by atoms with E-state index in [0.717, 1.165) is 0 Å². The van der Waals surface area contributed by atoms with Crippen LogP contribution in [0, 0.1) is 22.7 Å². The van der Waals surface area contributed by atoms with Gasteiger partial charge in [-0.25, -0.2) is 0 Å². The van der Waals surface area contributed by atoms with Crippen LogP contribution in [0.3, 0.4) is 0 Å². The normalized spacial score (nSPS) is 8.50. The van der Waals surface area contributed by atoms with E-state index in [4.69, 9.17) is 10.5 Å². The molecule has 0 heterocycles. The lowest BCUT2D eigenvalue weighted by Crippen LogP contribution is -2.07. The summed E-state index contributed by atoms with van der Waals surface area (Å²) >= 11 is 0. The minimum absolute atomic E-state index is 0.244. The van der Waals surface area contributed by atoms with E-state index in [2.05, 4.69) is 5.32 Å². The summed E-state index contributed by atoms with van der Waals surface area (Å²) < 4.78 is 0. The Bertz CT molecular complexity index is 451. The molecule has 0 bridgehead atoms. The van der Waals surface area contributed by atoms with Crippen LogP contribution in [0.1, 0.15) is 18.1 Å². The fourth-order valence-corrected chi connectivity index (χ4v) is 1.00. The second-order valence-electron chi connectivity index (χ2n) is 2.67. The maximum absolute atomic E-state index is 10.8. The van der Waals surface area contributed by atoms with Gasteiger partial charge in [0.1, 0.15) is 6.07 Å². The average Bonchev–Trinajstić information content (AvgIpc) is 2.17. The highest BCUT2D eigenvalue weighted by Crippen LogP contribution is 2.15. The number of amides is 1. The lowest BCUT2D eigenvalue weighted by molar-refractivity contribution is -0.114. The number of carbonyl (C=O) groups excluding carboxylic acids is 1. The third-order valence-corrected chi connectivity index (χ3v) is 1.58. The van der Waals surface area contributed by atoms with Gasteiger partial charge in [0.15, 0.2) is 0 Å². The number of rotatable bonds is 1. The number of nitrogens with one attached hydrogen (secondary N) is 1. The van der Waals surface area contributed by atoms with Crippen LogP contribution in [0.25, 0.3) is 0 Å². The topological polar surface area (TPSA) is 76.7 Å². The van der Waals surface area contributed by atoms with Crippen molar-refractivity contribution >= 4 is 11.6 Å². The van der Waals surface area contributed by atoms with Crippen LogP contribution in [0.15, 0.2) is 18.2 Å². The number of hydrogen-bond acceptors (Lipinski definition) is 3. The molecule has 1 rings (SSSR count). The van der Waals surface area contributed by atoms with Crippen LogP contribution < -0.4 is 5.32 Å². The van der Waals surface area contributed by atoms with E-state index < -0.39 is 0 Å². The van der Waals surface area contributed by atoms with Gasteiger partial charge >= 0.3 is 0 Å². The molecule has 0 spiro atoms. The van der Waals surface area contributed by atoms with E-state index in [9.17, 15) is 4.79 Å². The van der Waals surface area contributed by atoms with Crippen molar-refractivity contribution in [3.8, 4) is 12.1 Å². The molecule has 4 nitrogen and oxygen atoms in total. The molecule has 1 amide bonds. The van der Waals surface area contributed by atoms with E-state index in [1.165, 1.54) is 13.0 Å². The Hall–Kier alpha value is -2.33. The summed E-state index contributed by atoms with van der Waals surface area (Å²) in [4.78, 5) is 10.8. The lowest BCUT2D eigenvalue weighted by Gasteiger charge is -2.03. The highest BCUT2D eigenvalue weighted by Gasteiger charge is 2.04. The summed E-state index contributed by atoms with van der Waals surface area (Å²) in [5, 5.41) is 19.8. The van der Waals surface area contributed by atoms with E-state index in [1.54, 1.807) is 12.1 Å². The fourth-order valence-electron chi connectivity index (χ4n) is 1.00. The van der Waals surface area contributed by atoms with E-state index in [0.29, 0.717) is 16.8 Å². The molecule has 0 saturated carbocycles. The average molecular weight is 185 g/mol. The van der Waals surface area contributed by atoms with Crippen LogP contribution in [0.2, 0.25) is 0 Å². The highest BCUT2D eigenvalue weighted by atomic mass is 16.1. The van der Waals surface area contributed by atoms with Crippen molar-refractivity contribution in [1.82, 2.24) is 0 Å². The molecule has 4 heteroatoms. The maximum atomic E-state index is 10.8. The molecule has 0 atom stereocenters. The van der Waals surface area contributed by atoms with Crippen LogP contribution in [-0.4, -0.2) is 5.91 Å². The molecule has 1 aromatic carbocycles. The smallest absolute Gasteiger partial charge is 0.221 e. The molecule has 14 heavy (non-hydrogen) atoms. The van der Waals surface area contributed by atoms with Gasteiger partial charge in [-0.3, -0.25) is 4.79 Å². The molecular weight excluding hydrogens is 178 g/mol. The van der Waals surface area contributed by atoms with Crippen molar-refractivity contribution in [2.75, 3.05) is 5.32 Å². The molecule has 0 aliphatic heterocycles. The maximum Gasteiger partial charge on any atom is 0.221 e.